The van der Waals surface area contributed by atoms with E-state index in [-0.39, 0.29) is 11.9 Å². The van der Waals surface area contributed by atoms with Gasteiger partial charge in [0.05, 0.1) is 5.52 Å². The molecule has 1 aliphatic rings. The molecular formula is C29H28N6O. The van der Waals surface area contributed by atoms with E-state index < -0.39 is 0 Å². The molecular weight excluding hydrogens is 448 g/mol. The van der Waals surface area contributed by atoms with E-state index >= 15 is 0 Å². The second-order valence-electron chi connectivity index (χ2n) is 9.03. The zero-order valence-electron chi connectivity index (χ0n) is 20.3. The van der Waals surface area contributed by atoms with E-state index in [0.717, 1.165) is 40.1 Å². The zero-order chi connectivity index (χ0) is 24.9. The number of nitrogens with one attached hydrogen (secondary N) is 3. The second-order valence-corrected chi connectivity index (χ2v) is 9.03. The van der Waals surface area contributed by atoms with Crippen LogP contribution in [-0.2, 0) is 4.79 Å². The molecule has 180 valence electrons. The standard InChI is InChI=1S/C29H28N6O/c1-19(2)32-27(36)15-10-20-6-5-7-22(16-20)28-34-26-9-4-3-8-25(26)29(35-28)33-24-13-11-21(12-14-24)23-17-30-31-18-23/h3-17,19,23,31H,18H2,1-2H3,(H,32,36)(H,33,34,35)/b15-10+. The number of fused-ring (bicyclic) bond motifs is 1. The Bertz CT molecular complexity index is 1440. The van der Waals surface area contributed by atoms with Crippen LogP contribution in [0, 0.1) is 0 Å². The van der Waals surface area contributed by atoms with Crippen LogP contribution >= 0.6 is 0 Å². The normalized spacial score (nSPS) is 14.9. The summed E-state index contributed by atoms with van der Waals surface area (Å²) in [4.78, 5) is 21.7. The maximum Gasteiger partial charge on any atom is 0.244 e. The third-order valence-electron chi connectivity index (χ3n) is 5.86. The van der Waals surface area contributed by atoms with E-state index in [0.29, 0.717) is 11.7 Å². The highest BCUT2D eigenvalue weighted by molar-refractivity contribution is 5.93. The number of amides is 1. The predicted octanol–water partition coefficient (Wildman–Crippen LogP) is 5.25. The molecule has 7 nitrogen and oxygen atoms in total. The van der Waals surface area contributed by atoms with Crippen molar-refractivity contribution in [3.63, 3.8) is 0 Å². The highest BCUT2D eigenvalue weighted by atomic mass is 16.1. The van der Waals surface area contributed by atoms with Crippen molar-refractivity contribution in [2.24, 2.45) is 5.10 Å². The van der Waals surface area contributed by atoms with Crippen LogP contribution in [0.3, 0.4) is 0 Å². The fraction of sp³-hybridized carbons (Fsp3) is 0.172. The van der Waals surface area contributed by atoms with Gasteiger partial charge in [0.25, 0.3) is 0 Å². The Morgan fingerprint density at radius 1 is 1.03 bits per heavy atom. The summed E-state index contributed by atoms with van der Waals surface area (Å²) in [5.41, 5.74) is 7.80. The summed E-state index contributed by atoms with van der Waals surface area (Å²) in [6.07, 6.45) is 5.28. The molecule has 1 aliphatic heterocycles. The fourth-order valence-electron chi connectivity index (χ4n) is 4.09. The lowest BCUT2D eigenvalue weighted by atomic mass is 10.0. The molecule has 1 unspecified atom stereocenters. The van der Waals surface area contributed by atoms with Gasteiger partial charge in [-0.15, -0.1) is 0 Å². The van der Waals surface area contributed by atoms with Crippen LogP contribution in [0.1, 0.15) is 30.9 Å². The molecule has 0 fully saturated rings. The van der Waals surface area contributed by atoms with Crippen molar-refractivity contribution in [3.05, 3.63) is 90.0 Å². The number of hydrogen-bond donors (Lipinski definition) is 3. The number of para-hydroxylation sites is 1. The molecule has 0 aliphatic carbocycles. The largest absolute Gasteiger partial charge is 0.350 e. The van der Waals surface area contributed by atoms with Crippen molar-refractivity contribution in [1.82, 2.24) is 20.7 Å². The number of carbonyl (C=O) groups excluding carboxylic acids is 1. The molecule has 36 heavy (non-hydrogen) atoms. The molecule has 3 aromatic carbocycles. The van der Waals surface area contributed by atoms with Crippen molar-refractivity contribution in [2.45, 2.75) is 25.8 Å². The van der Waals surface area contributed by atoms with Gasteiger partial charge >= 0.3 is 0 Å². The van der Waals surface area contributed by atoms with Crippen LogP contribution in [0.4, 0.5) is 11.5 Å². The molecule has 1 amide bonds. The maximum absolute atomic E-state index is 12.0. The molecule has 0 radical (unpaired) electrons. The lowest BCUT2D eigenvalue weighted by Crippen LogP contribution is -2.28. The quantitative estimate of drug-likeness (QED) is 0.317. The first-order valence-electron chi connectivity index (χ1n) is 12.0. The van der Waals surface area contributed by atoms with E-state index in [1.54, 1.807) is 12.2 Å². The molecule has 5 rings (SSSR count). The Balaban J connectivity index is 1.44. The Morgan fingerprint density at radius 3 is 2.64 bits per heavy atom. The lowest BCUT2D eigenvalue weighted by molar-refractivity contribution is -0.116. The van der Waals surface area contributed by atoms with Crippen LogP contribution in [-0.4, -0.2) is 34.7 Å². The van der Waals surface area contributed by atoms with Gasteiger partial charge in [-0.05, 0) is 61.4 Å². The molecule has 0 spiro atoms. The van der Waals surface area contributed by atoms with Gasteiger partial charge in [0.15, 0.2) is 5.82 Å². The van der Waals surface area contributed by atoms with Crippen molar-refractivity contribution >= 4 is 40.6 Å². The minimum absolute atomic E-state index is 0.0928. The van der Waals surface area contributed by atoms with Crippen LogP contribution < -0.4 is 16.1 Å². The first-order valence-corrected chi connectivity index (χ1v) is 12.0. The van der Waals surface area contributed by atoms with Crippen molar-refractivity contribution < 1.29 is 4.79 Å². The number of rotatable bonds is 7. The molecule has 2 heterocycles. The van der Waals surface area contributed by atoms with Crippen molar-refractivity contribution in [2.75, 3.05) is 11.9 Å². The fourth-order valence-corrected chi connectivity index (χ4v) is 4.09. The SMILES string of the molecule is CC(C)NC(=O)/C=C/c1cccc(-c2nc(Nc3ccc(C4C=NNC4)cc3)c3ccccc3n2)c1. The predicted molar refractivity (Wildman–Crippen MR) is 146 cm³/mol. The molecule has 7 heteroatoms. The smallest absolute Gasteiger partial charge is 0.244 e. The molecule has 0 bridgehead atoms. The van der Waals surface area contributed by atoms with Gasteiger partial charge < -0.3 is 16.1 Å². The van der Waals surface area contributed by atoms with Crippen LogP contribution in [0.25, 0.3) is 28.4 Å². The number of carbonyl (C=O) groups is 1. The van der Waals surface area contributed by atoms with Crippen LogP contribution in [0.2, 0.25) is 0 Å². The van der Waals surface area contributed by atoms with E-state index in [1.807, 2.05) is 68.6 Å². The summed E-state index contributed by atoms with van der Waals surface area (Å²) < 4.78 is 0. The Labute approximate surface area is 210 Å². The van der Waals surface area contributed by atoms with E-state index in [2.05, 4.69) is 45.4 Å². The highest BCUT2D eigenvalue weighted by Crippen LogP contribution is 2.28. The molecule has 3 N–H and O–H groups in total. The zero-order valence-corrected chi connectivity index (χ0v) is 20.3. The van der Waals surface area contributed by atoms with Gasteiger partial charge in [-0.1, -0.05) is 42.5 Å². The average molecular weight is 477 g/mol. The van der Waals surface area contributed by atoms with E-state index in [4.69, 9.17) is 9.97 Å². The summed E-state index contributed by atoms with van der Waals surface area (Å²) in [7, 11) is 0. The van der Waals surface area contributed by atoms with Gasteiger partial charge in [-0.3, -0.25) is 4.79 Å². The number of benzene rings is 3. The first kappa shape index (κ1) is 23.2. The number of hydrogen-bond acceptors (Lipinski definition) is 6. The minimum atomic E-state index is -0.119. The molecule has 4 aromatic rings. The Kier molecular flexibility index (Phi) is 6.71. The first-order chi connectivity index (χ1) is 17.5. The Morgan fingerprint density at radius 2 is 1.86 bits per heavy atom. The summed E-state index contributed by atoms with van der Waals surface area (Å²) in [6, 6.07) is 24.3. The number of anilines is 2. The molecule has 0 saturated heterocycles. The van der Waals surface area contributed by atoms with Gasteiger partial charge in [0.1, 0.15) is 5.82 Å². The van der Waals surface area contributed by atoms with Crippen LogP contribution in [0.5, 0.6) is 0 Å². The highest BCUT2D eigenvalue weighted by Gasteiger charge is 2.14. The molecule has 0 saturated carbocycles. The topological polar surface area (TPSA) is 91.3 Å². The van der Waals surface area contributed by atoms with E-state index in [9.17, 15) is 4.79 Å². The number of aromatic nitrogens is 2. The van der Waals surface area contributed by atoms with Gasteiger partial charge in [-0.2, -0.15) is 5.10 Å². The third-order valence-corrected chi connectivity index (χ3v) is 5.86. The second kappa shape index (κ2) is 10.4. The van der Waals surface area contributed by atoms with Gasteiger partial charge in [0.2, 0.25) is 5.91 Å². The lowest BCUT2D eigenvalue weighted by Gasteiger charge is -2.13. The summed E-state index contributed by atoms with van der Waals surface area (Å²) >= 11 is 0. The van der Waals surface area contributed by atoms with Gasteiger partial charge in [0, 0.05) is 47.4 Å². The summed E-state index contributed by atoms with van der Waals surface area (Å²) in [6.45, 7) is 4.69. The minimum Gasteiger partial charge on any atom is -0.350 e. The molecule has 1 aromatic heterocycles. The van der Waals surface area contributed by atoms with E-state index in [1.165, 1.54) is 5.56 Å². The molecule has 1 atom stereocenters. The summed E-state index contributed by atoms with van der Waals surface area (Å²) in [5.74, 6) is 1.53. The number of nitrogens with zero attached hydrogens (tertiary/aromatic N) is 3. The van der Waals surface area contributed by atoms with Crippen molar-refractivity contribution in [3.8, 4) is 11.4 Å². The van der Waals surface area contributed by atoms with Gasteiger partial charge in [-0.25, -0.2) is 9.97 Å². The summed E-state index contributed by atoms with van der Waals surface area (Å²) in [5, 5.41) is 11.4. The number of hydrazone groups is 1. The average Bonchev–Trinajstić information content (AvgIpc) is 3.43. The maximum atomic E-state index is 12.0. The Hall–Kier alpha value is -4.52. The third kappa shape index (κ3) is 5.41. The monoisotopic (exact) mass is 476 g/mol. The van der Waals surface area contributed by atoms with Crippen LogP contribution in [0.15, 0.2) is 84.0 Å². The van der Waals surface area contributed by atoms with Crippen molar-refractivity contribution in [1.29, 1.82) is 0 Å².